The molecule has 0 aliphatic carbocycles. The number of carbonyl (C=O) groups is 1. The van der Waals surface area contributed by atoms with Gasteiger partial charge in [0.05, 0.1) is 5.69 Å². The van der Waals surface area contributed by atoms with Crippen LogP contribution in [-0.2, 0) is 0 Å². The van der Waals surface area contributed by atoms with Crippen LogP contribution in [-0.4, -0.2) is 19.4 Å². The summed E-state index contributed by atoms with van der Waals surface area (Å²) in [5, 5.41) is 0. The number of halogens is 1. The van der Waals surface area contributed by atoms with Gasteiger partial charge in [-0.05, 0) is 26.0 Å². The minimum absolute atomic E-state index is 0.111. The van der Waals surface area contributed by atoms with Crippen molar-refractivity contribution in [2.75, 3.05) is 18.5 Å². The second-order valence-corrected chi connectivity index (χ2v) is 3.21. The van der Waals surface area contributed by atoms with E-state index in [4.69, 9.17) is 0 Å². The number of hydrogen-bond acceptors (Lipinski definition) is 2. The summed E-state index contributed by atoms with van der Waals surface area (Å²) in [6.07, 6.45) is 0. The third kappa shape index (κ3) is 1.92. The molecule has 0 radical (unpaired) electrons. The maximum absolute atomic E-state index is 13.5. The fraction of sp³-hybridized carbons (Fsp3) is 0.364. The van der Waals surface area contributed by atoms with Gasteiger partial charge in [0.2, 0.25) is 0 Å². The van der Waals surface area contributed by atoms with Crippen LogP contribution in [0.2, 0.25) is 0 Å². The molecular weight excluding hydrogens is 181 g/mol. The molecule has 0 aliphatic heterocycles. The van der Waals surface area contributed by atoms with Gasteiger partial charge in [0, 0.05) is 19.2 Å². The molecular formula is C11H14FNO. The van der Waals surface area contributed by atoms with Crippen molar-refractivity contribution in [1.82, 2.24) is 0 Å². The number of ketones is 1. The first-order valence-electron chi connectivity index (χ1n) is 4.58. The Morgan fingerprint density at radius 1 is 1.50 bits per heavy atom. The smallest absolute Gasteiger partial charge is 0.161 e. The van der Waals surface area contributed by atoms with Crippen molar-refractivity contribution < 1.29 is 9.18 Å². The lowest BCUT2D eigenvalue weighted by Crippen LogP contribution is -2.20. The lowest BCUT2D eigenvalue weighted by Gasteiger charge is -2.20. The number of benzene rings is 1. The predicted molar refractivity (Wildman–Crippen MR) is 55.3 cm³/mol. The summed E-state index contributed by atoms with van der Waals surface area (Å²) in [7, 11) is 1.77. The van der Waals surface area contributed by atoms with E-state index in [0.717, 1.165) is 0 Å². The van der Waals surface area contributed by atoms with Crippen LogP contribution in [0.5, 0.6) is 0 Å². The number of rotatable bonds is 3. The Balaban J connectivity index is 3.29. The van der Waals surface area contributed by atoms with Crippen molar-refractivity contribution in [2.45, 2.75) is 13.8 Å². The van der Waals surface area contributed by atoms with Crippen molar-refractivity contribution in [3.05, 3.63) is 29.6 Å². The van der Waals surface area contributed by atoms with Gasteiger partial charge in [-0.2, -0.15) is 0 Å². The molecule has 2 nitrogen and oxygen atoms in total. The number of para-hydroxylation sites is 1. The molecule has 0 amide bonds. The van der Waals surface area contributed by atoms with Gasteiger partial charge in [0.25, 0.3) is 0 Å². The molecule has 0 fully saturated rings. The average Bonchev–Trinajstić information content (AvgIpc) is 2.16. The Kier molecular flexibility index (Phi) is 3.23. The summed E-state index contributed by atoms with van der Waals surface area (Å²) in [5.74, 6) is -0.457. The second-order valence-electron chi connectivity index (χ2n) is 3.21. The number of Topliss-reactive ketones (excluding diaryl/α,β-unsaturated/α-hetero) is 1. The molecule has 0 N–H and O–H groups in total. The molecule has 0 spiro atoms. The van der Waals surface area contributed by atoms with Gasteiger partial charge in [-0.1, -0.05) is 6.07 Å². The molecule has 0 bridgehead atoms. The van der Waals surface area contributed by atoms with Crippen molar-refractivity contribution in [3.63, 3.8) is 0 Å². The highest BCUT2D eigenvalue weighted by Gasteiger charge is 2.14. The first kappa shape index (κ1) is 10.7. The van der Waals surface area contributed by atoms with Gasteiger partial charge in [-0.15, -0.1) is 0 Å². The number of nitrogens with zero attached hydrogens (tertiary/aromatic N) is 1. The molecule has 0 unspecified atom stereocenters. The van der Waals surface area contributed by atoms with Crippen LogP contribution in [0, 0.1) is 5.82 Å². The van der Waals surface area contributed by atoms with E-state index < -0.39 is 0 Å². The molecule has 0 aromatic heterocycles. The van der Waals surface area contributed by atoms with Crippen molar-refractivity contribution in [2.24, 2.45) is 0 Å². The van der Waals surface area contributed by atoms with Crippen LogP contribution in [0.4, 0.5) is 10.1 Å². The lowest BCUT2D eigenvalue weighted by atomic mass is 10.1. The zero-order valence-corrected chi connectivity index (χ0v) is 8.67. The first-order chi connectivity index (χ1) is 6.57. The van der Waals surface area contributed by atoms with E-state index in [-0.39, 0.29) is 11.6 Å². The monoisotopic (exact) mass is 195 g/mol. The topological polar surface area (TPSA) is 20.3 Å². The zero-order chi connectivity index (χ0) is 10.7. The standard InChI is InChI=1S/C11H14FNO/c1-4-13(3)11-9(8(2)14)6-5-7-10(11)12/h5-7H,4H2,1-3H3. The van der Waals surface area contributed by atoms with Gasteiger partial charge >= 0.3 is 0 Å². The molecule has 76 valence electrons. The number of carbonyl (C=O) groups excluding carboxylic acids is 1. The maximum Gasteiger partial charge on any atom is 0.161 e. The molecule has 3 heteroatoms. The molecule has 0 atom stereocenters. The van der Waals surface area contributed by atoms with Crippen molar-refractivity contribution >= 4 is 11.5 Å². The third-order valence-corrected chi connectivity index (χ3v) is 2.22. The third-order valence-electron chi connectivity index (χ3n) is 2.22. The summed E-state index contributed by atoms with van der Waals surface area (Å²) in [6, 6.07) is 4.57. The molecule has 0 saturated heterocycles. The summed E-state index contributed by atoms with van der Waals surface area (Å²) in [6.45, 7) is 4.03. The Bertz CT molecular complexity index is 349. The first-order valence-corrected chi connectivity index (χ1v) is 4.58. The minimum Gasteiger partial charge on any atom is -0.372 e. The van der Waals surface area contributed by atoms with E-state index in [1.54, 1.807) is 24.1 Å². The van der Waals surface area contributed by atoms with Crippen molar-refractivity contribution in [3.8, 4) is 0 Å². The molecule has 1 rings (SSSR count). The van der Waals surface area contributed by atoms with Crippen LogP contribution in [0.25, 0.3) is 0 Å². The largest absolute Gasteiger partial charge is 0.372 e. The van der Waals surface area contributed by atoms with Crippen molar-refractivity contribution in [1.29, 1.82) is 0 Å². The molecule has 0 heterocycles. The lowest BCUT2D eigenvalue weighted by molar-refractivity contribution is 0.101. The summed E-state index contributed by atoms with van der Waals surface area (Å²) in [4.78, 5) is 13.0. The number of anilines is 1. The van der Waals surface area contributed by atoms with Gasteiger partial charge < -0.3 is 4.90 Å². The maximum atomic E-state index is 13.5. The average molecular weight is 195 g/mol. The Hall–Kier alpha value is -1.38. The normalized spacial score (nSPS) is 10.0. The highest BCUT2D eigenvalue weighted by atomic mass is 19.1. The fourth-order valence-electron chi connectivity index (χ4n) is 1.35. The summed E-state index contributed by atoms with van der Waals surface area (Å²) < 4.78 is 13.5. The van der Waals surface area contributed by atoms with E-state index in [1.807, 2.05) is 6.92 Å². The van der Waals surface area contributed by atoms with E-state index in [1.165, 1.54) is 13.0 Å². The van der Waals surface area contributed by atoms with E-state index in [9.17, 15) is 9.18 Å². The number of hydrogen-bond donors (Lipinski definition) is 0. The van der Waals surface area contributed by atoms with E-state index in [0.29, 0.717) is 17.8 Å². The van der Waals surface area contributed by atoms with Crippen LogP contribution >= 0.6 is 0 Å². The zero-order valence-electron chi connectivity index (χ0n) is 8.67. The molecule has 14 heavy (non-hydrogen) atoms. The highest BCUT2D eigenvalue weighted by molar-refractivity contribution is 5.99. The van der Waals surface area contributed by atoms with Gasteiger partial charge in [-0.3, -0.25) is 4.79 Å². The van der Waals surface area contributed by atoms with E-state index >= 15 is 0 Å². The van der Waals surface area contributed by atoms with Crippen LogP contribution in [0.3, 0.4) is 0 Å². The Morgan fingerprint density at radius 2 is 2.14 bits per heavy atom. The predicted octanol–water partition coefficient (Wildman–Crippen LogP) is 2.48. The minimum atomic E-state index is -0.345. The van der Waals surface area contributed by atoms with Gasteiger partial charge in [0.15, 0.2) is 5.78 Å². The molecule has 1 aromatic rings. The highest BCUT2D eigenvalue weighted by Crippen LogP contribution is 2.23. The Morgan fingerprint density at radius 3 is 2.64 bits per heavy atom. The van der Waals surface area contributed by atoms with Gasteiger partial charge in [-0.25, -0.2) is 4.39 Å². The summed E-state index contributed by atoms with van der Waals surface area (Å²) in [5.41, 5.74) is 0.830. The van der Waals surface area contributed by atoms with Crippen LogP contribution < -0.4 is 4.90 Å². The van der Waals surface area contributed by atoms with Gasteiger partial charge in [0.1, 0.15) is 5.82 Å². The van der Waals surface area contributed by atoms with Crippen LogP contribution in [0.15, 0.2) is 18.2 Å². The molecule has 0 aliphatic rings. The molecule has 0 saturated carbocycles. The Labute approximate surface area is 83.3 Å². The van der Waals surface area contributed by atoms with E-state index in [2.05, 4.69) is 0 Å². The second kappa shape index (κ2) is 4.22. The SMILES string of the molecule is CCN(C)c1c(F)cccc1C(C)=O. The fourth-order valence-corrected chi connectivity index (χ4v) is 1.35. The quantitative estimate of drug-likeness (QED) is 0.690. The molecule has 1 aromatic carbocycles. The summed E-state index contributed by atoms with van der Waals surface area (Å²) >= 11 is 0. The van der Waals surface area contributed by atoms with Crippen LogP contribution in [0.1, 0.15) is 24.2 Å².